The molecule has 3 rings (SSSR count). The summed E-state index contributed by atoms with van der Waals surface area (Å²) in [6, 6.07) is 3.48. The van der Waals surface area contributed by atoms with E-state index in [4.69, 9.17) is 4.74 Å². The average molecular weight is 368 g/mol. The summed E-state index contributed by atoms with van der Waals surface area (Å²) in [6.07, 6.45) is -3.07. The summed E-state index contributed by atoms with van der Waals surface area (Å²) in [5, 5.41) is 3.04. The zero-order valence-electron chi connectivity index (χ0n) is 14.4. The molecule has 0 spiro atoms. The minimum absolute atomic E-state index is 0.0117. The Hall–Kier alpha value is -2.42. The van der Waals surface area contributed by atoms with Crippen LogP contribution in [0.4, 0.5) is 19.0 Å². The van der Waals surface area contributed by atoms with E-state index < -0.39 is 11.7 Å². The first-order valence-corrected chi connectivity index (χ1v) is 8.16. The van der Waals surface area contributed by atoms with Crippen LogP contribution in [0.5, 0.6) is 0 Å². The lowest BCUT2D eigenvalue weighted by Crippen LogP contribution is -2.35. The number of anilines is 1. The number of nitrogens with one attached hydrogen (secondary N) is 2. The van der Waals surface area contributed by atoms with Crippen LogP contribution in [0.25, 0.3) is 0 Å². The molecule has 1 fully saturated rings. The van der Waals surface area contributed by atoms with Crippen LogP contribution in [-0.4, -0.2) is 28.1 Å². The smallest absolute Gasteiger partial charge is 0.377 e. The van der Waals surface area contributed by atoms with Gasteiger partial charge < -0.3 is 15.0 Å². The summed E-state index contributed by atoms with van der Waals surface area (Å²) in [6.45, 7) is 1.74. The van der Waals surface area contributed by atoms with Crippen molar-refractivity contribution < 1.29 is 17.9 Å². The second-order valence-electron chi connectivity index (χ2n) is 6.44. The number of alkyl halides is 3. The maximum atomic E-state index is 12.9. The van der Waals surface area contributed by atoms with E-state index in [0.29, 0.717) is 30.1 Å². The first-order chi connectivity index (χ1) is 12.2. The molecule has 2 aromatic heterocycles. The van der Waals surface area contributed by atoms with Crippen LogP contribution in [0.1, 0.15) is 41.5 Å². The van der Waals surface area contributed by atoms with Gasteiger partial charge in [0.25, 0.3) is 5.56 Å². The van der Waals surface area contributed by atoms with Crippen molar-refractivity contribution in [1.29, 1.82) is 0 Å². The van der Waals surface area contributed by atoms with Crippen LogP contribution in [-0.2, 0) is 17.5 Å². The number of H-pyrrole nitrogens is 1. The van der Waals surface area contributed by atoms with Crippen molar-refractivity contribution in [2.45, 2.75) is 44.5 Å². The Morgan fingerprint density at radius 1 is 1.27 bits per heavy atom. The lowest BCUT2D eigenvalue weighted by Gasteiger charge is -2.36. The number of hydrogen-bond acceptors (Lipinski definition) is 5. The number of halogens is 3. The Balaban J connectivity index is 1.66. The third kappa shape index (κ3) is 4.21. The highest BCUT2D eigenvalue weighted by atomic mass is 19.4. The van der Waals surface area contributed by atoms with Crippen molar-refractivity contribution in [3.05, 3.63) is 51.3 Å². The molecule has 26 heavy (non-hydrogen) atoms. The summed E-state index contributed by atoms with van der Waals surface area (Å²) < 4.78 is 43.7. The number of methoxy groups -OCH3 is 1. The van der Waals surface area contributed by atoms with E-state index in [1.54, 1.807) is 0 Å². The Morgan fingerprint density at radius 2 is 2.00 bits per heavy atom. The van der Waals surface area contributed by atoms with E-state index in [-0.39, 0.29) is 29.9 Å². The molecule has 0 atom stereocenters. The molecule has 2 N–H and O–H groups in total. The summed E-state index contributed by atoms with van der Waals surface area (Å²) in [4.78, 5) is 22.8. The number of aromatic amines is 1. The van der Waals surface area contributed by atoms with Crippen LogP contribution >= 0.6 is 0 Å². The molecule has 0 radical (unpaired) electrons. The van der Waals surface area contributed by atoms with Crippen LogP contribution in [0, 0.1) is 6.92 Å². The number of aromatic nitrogens is 3. The van der Waals surface area contributed by atoms with Crippen LogP contribution in [0.3, 0.4) is 0 Å². The van der Waals surface area contributed by atoms with Crippen molar-refractivity contribution in [2.24, 2.45) is 0 Å². The number of hydrogen-bond donors (Lipinski definition) is 2. The third-order valence-electron chi connectivity index (χ3n) is 4.28. The standard InChI is InChI=1S/C17H19F3N4O2/c1-9-3-11(17(18,19)20)6-14(21-9)22-12-4-10(5-12)13-7-16(25)24-15(23-13)8-26-2/h3,6-7,10,12H,4-5,8H2,1-2H3,(H,21,22)(H,23,24,25). The number of ether oxygens (including phenoxy) is 1. The monoisotopic (exact) mass is 368 g/mol. The van der Waals surface area contributed by atoms with Gasteiger partial charge in [0.05, 0.1) is 11.3 Å². The molecule has 6 nitrogen and oxygen atoms in total. The molecule has 0 bridgehead atoms. The van der Waals surface area contributed by atoms with E-state index in [1.807, 2.05) is 0 Å². The number of aryl methyl sites for hydroxylation is 1. The fourth-order valence-electron chi connectivity index (χ4n) is 3.04. The molecule has 140 valence electrons. The largest absolute Gasteiger partial charge is 0.416 e. The summed E-state index contributed by atoms with van der Waals surface area (Å²) in [5.74, 6) is 0.749. The Bertz CT molecular complexity index is 845. The third-order valence-corrected chi connectivity index (χ3v) is 4.28. The molecular weight excluding hydrogens is 349 g/mol. The molecule has 1 aliphatic carbocycles. The highest BCUT2D eigenvalue weighted by molar-refractivity contribution is 5.42. The highest BCUT2D eigenvalue weighted by Crippen LogP contribution is 2.38. The molecule has 1 saturated carbocycles. The van der Waals surface area contributed by atoms with Gasteiger partial charge in [-0.2, -0.15) is 13.2 Å². The van der Waals surface area contributed by atoms with Gasteiger partial charge in [-0.1, -0.05) is 0 Å². The van der Waals surface area contributed by atoms with Crippen LogP contribution in [0.15, 0.2) is 23.0 Å². The van der Waals surface area contributed by atoms with E-state index in [1.165, 1.54) is 20.1 Å². The second kappa shape index (κ2) is 7.06. The quantitative estimate of drug-likeness (QED) is 0.848. The van der Waals surface area contributed by atoms with Crippen LogP contribution < -0.4 is 10.9 Å². The van der Waals surface area contributed by atoms with Crippen molar-refractivity contribution in [1.82, 2.24) is 15.0 Å². The summed E-state index contributed by atoms with van der Waals surface area (Å²) in [7, 11) is 1.51. The van der Waals surface area contributed by atoms with Gasteiger partial charge in [-0.05, 0) is 31.9 Å². The van der Waals surface area contributed by atoms with Gasteiger partial charge >= 0.3 is 6.18 Å². The van der Waals surface area contributed by atoms with Gasteiger partial charge in [0.2, 0.25) is 0 Å². The molecule has 0 amide bonds. The van der Waals surface area contributed by atoms with Gasteiger partial charge in [-0.15, -0.1) is 0 Å². The topological polar surface area (TPSA) is 79.9 Å². The lowest BCUT2D eigenvalue weighted by molar-refractivity contribution is -0.137. The molecule has 2 aromatic rings. The van der Waals surface area contributed by atoms with E-state index in [0.717, 1.165) is 12.1 Å². The van der Waals surface area contributed by atoms with Gasteiger partial charge in [0.15, 0.2) is 0 Å². The second-order valence-corrected chi connectivity index (χ2v) is 6.44. The minimum Gasteiger partial charge on any atom is -0.377 e. The van der Waals surface area contributed by atoms with Gasteiger partial charge in [0.1, 0.15) is 18.2 Å². The van der Waals surface area contributed by atoms with Crippen molar-refractivity contribution in [3.63, 3.8) is 0 Å². The summed E-state index contributed by atoms with van der Waals surface area (Å²) in [5.41, 5.74) is 0.0168. The number of nitrogens with zero attached hydrogens (tertiary/aromatic N) is 2. The SMILES string of the molecule is COCc1nc(C2CC(Nc3cc(C(F)(F)F)cc(C)n3)C2)cc(=O)[nH]1. The van der Waals surface area contributed by atoms with Crippen molar-refractivity contribution >= 4 is 5.82 Å². The Kier molecular flexibility index (Phi) is 4.99. The molecule has 1 aliphatic rings. The summed E-state index contributed by atoms with van der Waals surface area (Å²) >= 11 is 0. The molecule has 0 aromatic carbocycles. The molecule has 9 heteroatoms. The van der Waals surface area contributed by atoms with Crippen molar-refractivity contribution in [2.75, 3.05) is 12.4 Å². The van der Waals surface area contributed by atoms with Gasteiger partial charge in [-0.25, -0.2) is 9.97 Å². The highest BCUT2D eigenvalue weighted by Gasteiger charge is 2.34. The molecule has 0 saturated heterocycles. The predicted octanol–water partition coefficient (Wildman–Crippen LogP) is 3.00. The normalized spacial score (nSPS) is 19.9. The maximum absolute atomic E-state index is 12.9. The first kappa shape index (κ1) is 18.4. The maximum Gasteiger partial charge on any atom is 0.416 e. The minimum atomic E-state index is -4.40. The Labute approximate surface area is 147 Å². The molecule has 0 unspecified atom stereocenters. The Morgan fingerprint density at radius 3 is 2.65 bits per heavy atom. The lowest BCUT2D eigenvalue weighted by atomic mass is 9.78. The molecule has 2 heterocycles. The van der Waals surface area contributed by atoms with E-state index in [9.17, 15) is 18.0 Å². The zero-order valence-corrected chi connectivity index (χ0v) is 14.4. The predicted molar refractivity (Wildman–Crippen MR) is 88.9 cm³/mol. The number of rotatable bonds is 5. The van der Waals surface area contributed by atoms with Crippen LogP contribution in [0.2, 0.25) is 0 Å². The van der Waals surface area contributed by atoms with E-state index >= 15 is 0 Å². The molecular formula is C17H19F3N4O2. The number of pyridine rings is 1. The molecule has 0 aliphatic heterocycles. The first-order valence-electron chi connectivity index (χ1n) is 8.16. The average Bonchev–Trinajstić information content (AvgIpc) is 2.48. The van der Waals surface area contributed by atoms with Gasteiger partial charge in [-0.3, -0.25) is 4.79 Å². The van der Waals surface area contributed by atoms with Gasteiger partial charge in [0, 0.05) is 30.8 Å². The van der Waals surface area contributed by atoms with Crippen molar-refractivity contribution in [3.8, 4) is 0 Å². The fraction of sp³-hybridized carbons (Fsp3) is 0.471. The zero-order chi connectivity index (χ0) is 18.9. The van der Waals surface area contributed by atoms with E-state index in [2.05, 4.69) is 20.3 Å². The fourth-order valence-corrected chi connectivity index (χ4v) is 3.04.